The summed E-state index contributed by atoms with van der Waals surface area (Å²) in [6.45, 7) is 3.69. The predicted molar refractivity (Wildman–Crippen MR) is 119 cm³/mol. The first-order chi connectivity index (χ1) is 14.9. The zero-order chi connectivity index (χ0) is 22.0. The minimum Gasteiger partial charge on any atom is -0.379 e. The van der Waals surface area contributed by atoms with Crippen molar-refractivity contribution >= 4 is 37.5 Å². The van der Waals surface area contributed by atoms with Crippen molar-refractivity contribution < 1.29 is 17.9 Å². The van der Waals surface area contributed by atoms with Crippen LogP contribution in [0.4, 0.5) is 0 Å². The van der Waals surface area contributed by atoms with E-state index in [9.17, 15) is 13.2 Å². The van der Waals surface area contributed by atoms with Crippen LogP contribution in [0.2, 0.25) is 0 Å². The van der Waals surface area contributed by atoms with E-state index in [1.165, 1.54) is 39.9 Å². The van der Waals surface area contributed by atoms with Crippen LogP contribution in [0.5, 0.6) is 0 Å². The van der Waals surface area contributed by atoms with Crippen LogP contribution in [0.15, 0.2) is 52.4 Å². The molecule has 0 saturated carbocycles. The first-order valence-corrected chi connectivity index (χ1v) is 12.0. The van der Waals surface area contributed by atoms with Crippen molar-refractivity contribution in [2.24, 2.45) is 4.99 Å². The standard InChI is InChI=1S/C22H21N3O4S2/c1-3-10-25-19-9-4-16(2)15-20(19)30-22(25)23-21(26)17-5-7-18(8-6-17)31(27,28)24-11-13-29-14-12-24/h1,4-9,15H,10-14H2,2H3. The van der Waals surface area contributed by atoms with Gasteiger partial charge in [0.05, 0.1) is 34.9 Å². The first kappa shape index (κ1) is 21.5. The maximum Gasteiger partial charge on any atom is 0.279 e. The number of amides is 1. The van der Waals surface area contributed by atoms with E-state index in [-0.39, 0.29) is 4.90 Å². The molecule has 31 heavy (non-hydrogen) atoms. The van der Waals surface area contributed by atoms with Crippen molar-refractivity contribution in [3.05, 3.63) is 58.4 Å². The molecule has 3 aromatic rings. The number of morpholine rings is 1. The van der Waals surface area contributed by atoms with Gasteiger partial charge in [0.25, 0.3) is 5.91 Å². The van der Waals surface area contributed by atoms with Crippen LogP contribution in [0.3, 0.4) is 0 Å². The molecular formula is C22H21N3O4S2. The number of nitrogens with zero attached hydrogens (tertiary/aromatic N) is 3. The van der Waals surface area contributed by atoms with E-state index in [0.717, 1.165) is 15.8 Å². The number of benzene rings is 2. The maximum absolute atomic E-state index is 12.8. The summed E-state index contributed by atoms with van der Waals surface area (Å²) in [6, 6.07) is 11.8. The number of thiazole rings is 1. The molecule has 7 nitrogen and oxygen atoms in total. The lowest BCUT2D eigenvalue weighted by molar-refractivity contribution is 0.0730. The lowest BCUT2D eigenvalue weighted by atomic mass is 10.2. The van der Waals surface area contributed by atoms with Gasteiger partial charge in [0.15, 0.2) is 4.80 Å². The van der Waals surface area contributed by atoms with E-state index in [0.29, 0.717) is 43.2 Å². The second-order valence-electron chi connectivity index (χ2n) is 7.10. The highest BCUT2D eigenvalue weighted by molar-refractivity contribution is 7.89. The van der Waals surface area contributed by atoms with E-state index in [2.05, 4.69) is 10.9 Å². The zero-order valence-electron chi connectivity index (χ0n) is 16.9. The fourth-order valence-corrected chi connectivity index (χ4v) is 5.90. The van der Waals surface area contributed by atoms with Gasteiger partial charge in [-0.3, -0.25) is 4.79 Å². The summed E-state index contributed by atoms with van der Waals surface area (Å²) < 4.78 is 34.9. The van der Waals surface area contributed by atoms with Gasteiger partial charge in [-0.15, -0.1) is 6.42 Å². The van der Waals surface area contributed by atoms with Gasteiger partial charge in [-0.2, -0.15) is 9.30 Å². The Morgan fingerprint density at radius 2 is 1.90 bits per heavy atom. The monoisotopic (exact) mass is 455 g/mol. The summed E-state index contributed by atoms with van der Waals surface area (Å²) in [5.74, 6) is 2.15. The Morgan fingerprint density at radius 3 is 2.58 bits per heavy atom. The summed E-state index contributed by atoms with van der Waals surface area (Å²) in [7, 11) is -3.61. The van der Waals surface area contributed by atoms with Gasteiger partial charge in [0.1, 0.15) is 0 Å². The number of hydrogen-bond donors (Lipinski definition) is 0. The molecule has 9 heteroatoms. The Morgan fingerprint density at radius 1 is 1.19 bits per heavy atom. The normalized spacial score (nSPS) is 15.8. The number of carbonyl (C=O) groups excluding carboxylic acids is 1. The number of rotatable bonds is 4. The molecule has 1 amide bonds. The average Bonchev–Trinajstić information content (AvgIpc) is 3.10. The van der Waals surface area contributed by atoms with E-state index in [1.807, 2.05) is 29.7 Å². The van der Waals surface area contributed by atoms with Gasteiger partial charge < -0.3 is 9.30 Å². The molecular weight excluding hydrogens is 434 g/mol. The van der Waals surface area contributed by atoms with Crippen LogP contribution < -0.4 is 4.80 Å². The molecule has 1 aromatic heterocycles. The summed E-state index contributed by atoms with van der Waals surface area (Å²) >= 11 is 1.39. The van der Waals surface area contributed by atoms with Gasteiger partial charge in [0.2, 0.25) is 10.0 Å². The molecule has 160 valence electrons. The molecule has 0 spiro atoms. The van der Waals surface area contributed by atoms with Gasteiger partial charge >= 0.3 is 0 Å². The molecule has 0 aliphatic carbocycles. The molecule has 1 aliphatic rings. The molecule has 1 aliphatic heterocycles. The maximum atomic E-state index is 12.8. The predicted octanol–water partition coefficient (Wildman–Crippen LogP) is 2.41. The van der Waals surface area contributed by atoms with Crippen LogP contribution in [0, 0.1) is 19.3 Å². The topological polar surface area (TPSA) is 81.0 Å². The Kier molecular flexibility index (Phi) is 6.07. The van der Waals surface area contributed by atoms with E-state index in [4.69, 9.17) is 11.2 Å². The third kappa shape index (κ3) is 4.34. The molecule has 2 heterocycles. The lowest BCUT2D eigenvalue weighted by Crippen LogP contribution is -2.40. The zero-order valence-corrected chi connectivity index (χ0v) is 18.6. The summed E-state index contributed by atoms with van der Waals surface area (Å²) in [4.78, 5) is 17.7. The molecule has 0 atom stereocenters. The average molecular weight is 456 g/mol. The number of sulfonamides is 1. The number of fused-ring (bicyclic) bond motifs is 1. The highest BCUT2D eigenvalue weighted by Crippen LogP contribution is 2.20. The molecule has 2 aromatic carbocycles. The highest BCUT2D eigenvalue weighted by Gasteiger charge is 2.26. The first-order valence-electron chi connectivity index (χ1n) is 9.70. The van der Waals surface area contributed by atoms with Crippen LogP contribution in [-0.2, 0) is 21.3 Å². The van der Waals surface area contributed by atoms with Crippen molar-refractivity contribution in [1.29, 1.82) is 0 Å². The Balaban J connectivity index is 1.66. The van der Waals surface area contributed by atoms with E-state index < -0.39 is 15.9 Å². The summed E-state index contributed by atoms with van der Waals surface area (Å²) in [5.41, 5.74) is 2.34. The van der Waals surface area contributed by atoms with Crippen molar-refractivity contribution in [1.82, 2.24) is 8.87 Å². The minimum atomic E-state index is -3.61. The number of aryl methyl sites for hydroxylation is 1. The SMILES string of the molecule is C#CCn1c(=NC(=O)c2ccc(S(=O)(=O)N3CCOCC3)cc2)sc2cc(C)ccc21. The third-order valence-electron chi connectivity index (χ3n) is 4.99. The van der Waals surface area contributed by atoms with Gasteiger partial charge in [-0.25, -0.2) is 8.42 Å². The molecule has 4 rings (SSSR count). The molecule has 1 saturated heterocycles. The van der Waals surface area contributed by atoms with Gasteiger partial charge in [0, 0.05) is 18.7 Å². The number of terminal acetylenes is 1. The van der Waals surface area contributed by atoms with Crippen molar-refractivity contribution in [3.8, 4) is 12.3 Å². The van der Waals surface area contributed by atoms with E-state index >= 15 is 0 Å². The van der Waals surface area contributed by atoms with Crippen molar-refractivity contribution in [2.75, 3.05) is 26.3 Å². The van der Waals surface area contributed by atoms with Crippen LogP contribution in [0.1, 0.15) is 15.9 Å². The van der Waals surface area contributed by atoms with Crippen molar-refractivity contribution in [2.45, 2.75) is 18.4 Å². The summed E-state index contributed by atoms with van der Waals surface area (Å²) in [5, 5.41) is 0. The molecule has 0 bridgehead atoms. The molecule has 0 unspecified atom stereocenters. The van der Waals surface area contributed by atoms with Gasteiger partial charge in [-0.05, 0) is 48.9 Å². The van der Waals surface area contributed by atoms with E-state index in [1.54, 1.807) is 0 Å². The Labute approximate surface area is 184 Å². The second-order valence-corrected chi connectivity index (χ2v) is 10.1. The quantitative estimate of drug-likeness (QED) is 0.566. The Hall–Kier alpha value is -2.77. The van der Waals surface area contributed by atoms with Gasteiger partial charge in [-0.1, -0.05) is 23.3 Å². The van der Waals surface area contributed by atoms with Crippen LogP contribution in [0.25, 0.3) is 10.2 Å². The largest absolute Gasteiger partial charge is 0.379 e. The number of carbonyl (C=O) groups is 1. The summed E-state index contributed by atoms with van der Waals surface area (Å²) in [6.07, 6.45) is 5.51. The van der Waals surface area contributed by atoms with Crippen molar-refractivity contribution in [3.63, 3.8) is 0 Å². The molecule has 0 N–H and O–H groups in total. The third-order valence-corrected chi connectivity index (χ3v) is 7.95. The number of ether oxygens (including phenoxy) is 1. The fraction of sp³-hybridized carbons (Fsp3) is 0.273. The lowest BCUT2D eigenvalue weighted by Gasteiger charge is -2.26. The number of hydrogen-bond acceptors (Lipinski definition) is 5. The smallest absolute Gasteiger partial charge is 0.279 e. The fourth-order valence-electron chi connectivity index (χ4n) is 3.37. The Bertz CT molecular complexity index is 1340. The minimum absolute atomic E-state index is 0.144. The molecule has 0 radical (unpaired) electrons. The molecule has 1 fully saturated rings. The number of aromatic nitrogens is 1. The highest BCUT2D eigenvalue weighted by atomic mass is 32.2. The van der Waals surface area contributed by atoms with Crippen LogP contribution in [-0.4, -0.2) is 49.5 Å². The van der Waals surface area contributed by atoms with Crippen LogP contribution >= 0.6 is 11.3 Å². The second kappa shape index (κ2) is 8.77.